The molecule has 1 N–H and O–H groups in total. The molecule has 0 aliphatic heterocycles. The second-order valence-electron chi connectivity index (χ2n) is 7.26. The summed E-state index contributed by atoms with van der Waals surface area (Å²) in [5.74, 6) is 0.503. The molecule has 0 radical (unpaired) electrons. The molecule has 0 spiro atoms. The Kier molecular flexibility index (Phi) is 4.05. The van der Waals surface area contributed by atoms with Gasteiger partial charge in [0.2, 0.25) is 0 Å². The van der Waals surface area contributed by atoms with Crippen molar-refractivity contribution in [1.29, 1.82) is 0 Å². The Morgan fingerprint density at radius 2 is 1.86 bits per heavy atom. The Morgan fingerprint density at radius 3 is 2.57 bits per heavy atom. The Bertz CT molecular complexity index is 1220. The molecule has 1 aliphatic rings. The Morgan fingerprint density at radius 1 is 1.07 bits per heavy atom. The van der Waals surface area contributed by atoms with Crippen molar-refractivity contribution < 1.29 is 8.42 Å². The van der Waals surface area contributed by atoms with E-state index >= 15 is 0 Å². The van der Waals surface area contributed by atoms with Crippen LogP contribution >= 0.6 is 0 Å². The third-order valence-electron chi connectivity index (χ3n) is 5.57. The average Bonchev–Trinajstić information content (AvgIpc) is 3.48. The van der Waals surface area contributed by atoms with Crippen LogP contribution in [0.25, 0.3) is 22.2 Å². The molecule has 0 unspecified atom stereocenters. The zero-order valence-electron chi connectivity index (χ0n) is 15.2. The SMILES string of the molecule is O=S(=O)(c1ccccc1)n1cc(-c2cn[nH]c2)c2cc(C3CCCC3)cnc21. The van der Waals surface area contributed by atoms with Crippen LogP contribution in [-0.2, 0) is 10.0 Å². The maximum Gasteiger partial charge on any atom is 0.269 e. The van der Waals surface area contributed by atoms with E-state index in [4.69, 9.17) is 0 Å². The maximum absolute atomic E-state index is 13.3. The minimum absolute atomic E-state index is 0.243. The fraction of sp³-hybridized carbons (Fsp3) is 0.238. The number of benzene rings is 1. The van der Waals surface area contributed by atoms with E-state index in [-0.39, 0.29) is 4.90 Å². The number of fused-ring (bicyclic) bond motifs is 1. The first kappa shape index (κ1) is 17.2. The number of rotatable bonds is 4. The van der Waals surface area contributed by atoms with Gasteiger partial charge in [-0.2, -0.15) is 5.10 Å². The van der Waals surface area contributed by atoms with Gasteiger partial charge in [0.15, 0.2) is 5.65 Å². The third-order valence-corrected chi connectivity index (χ3v) is 7.23. The third kappa shape index (κ3) is 2.74. The lowest BCUT2D eigenvalue weighted by molar-refractivity contribution is 0.589. The number of H-pyrrole nitrogens is 1. The summed E-state index contributed by atoms with van der Waals surface area (Å²) in [4.78, 5) is 4.84. The zero-order chi connectivity index (χ0) is 19.1. The fourth-order valence-corrected chi connectivity index (χ4v) is 5.44. The van der Waals surface area contributed by atoms with Crippen molar-refractivity contribution >= 4 is 21.1 Å². The first-order valence-corrected chi connectivity index (χ1v) is 10.9. The van der Waals surface area contributed by atoms with Crippen LogP contribution < -0.4 is 0 Å². The molecule has 0 bridgehead atoms. The smallest absolute Gasteiger partial charge is 0.269 e. The molecule has 6 nitrogen and oxygen atoms in total. The molecule has 1 aromatic carbocycles. The minimum Gasteiger partial charge on any atom is -0.285 e. The predicted octanol–water partition coefficient (Wildman–Crippen LogP) is 4.32. The van der Waals surface area contributed by atoms with E-state index in [1.165, 1.54) is 22.4 Å². The molecule has 4 aromatic rings. The second kappa shape index (κ2) is 6.60. The van der Waals surface area contributed by atoms with Crippen molar-refractivity contribution in [2.75, 3.05) is 0 Å². The molecule has 142 valence electrons. The van der Waals surface area contributed by atoms with Gasteiger partial charge in [0.05, 0.1) is 11.1 Å². The van der Waals surface area contributed by atoms with Gasteiger partial charge in [0, 0.05) is 35.1 Å². The number of nitrogens with zero attached hydrogens (tertiary/aromatic N) is 3. The van der Waals surface area contributed by atoms with Gasteiger partial charge in [-0.05, 0) is 42.5 Å². The number of nitrogens with one attached hydrogen (secondary N) is 1. The molecular formula is C21H20N4O2S. The number of hydrogen-bond acceptors (Lipinski definition) is 4. The van der Waals surface area contributed by atoms with Gasteiger partial charge in [-0.25, -0.2) is 17.4 Å². The first-order valence-electron chi connectivity index (χ1n) is 9.45. The summed E-state index contributed by atoms with van der Waals surface area (Å²) < 4.78 is 27.8. The number of aromatic amines is 1. The molecule has 1 fully saturated rings. The van der Waals surface area contributed by atoms with E-state index in [9.17, 15) is 8.42 Å². The molecular weight excluding hydrogens is 372 g/mol. The normalized spacial score (nSPS) is 15.4. The molecule has 0 saturated heterocycles. The molecule has 28 heavy (non-hydrogen) atoms. The van der Waals surface area contributed by atoms with Crippen molar-refractivity contribution in [3.05, 3.63) is 66.7 Å². The van der Waals surface area contributed by atoms with Gasteiger partial charge in [-0.3, -0.25) is 5.10 Å². The van der Waals surface area contributed by atoms with E-state index in [0.717, 1.165) is 29.4 Å². The summed E-state index contributed by atoms with van der Waals surface area (Å²) in [6, 6.07) is 10.6. The van der Waals surface area contributed by atoms with E-state index in [1.54, 1.807) is 48.9 Å². The maximum atomic E-state index is 13.3. The van der Waals surface area contributed by atoms with Crippen molar-refractivity contribution in [2.24, 2.45) is 0 Å². The molecule has 3 aromatic heterocycles. The summed E-state index contributed by atoms with van der Waals surface area (Å²) in [6.45, 7) is 0. The van der Waals surface area contributed by atoms with Gasteiger partial charge in [-0.15, -0.1) is 0 Å². The first-order chi connectivity index (χ1) is 13.6. The molecule has 0 atom stereocenters. The minimum atomic E-state index is -3.74. The van der Waals surface area contributed by atoms with E-state index in [2.05, 4.69) is 21.2 Å². The van der Waals surface area contributed by atoms with E-state index < -0.39 is 10.0 Å². The average molecular weight is 392 g/mol. The molecule has 1 saturated carbocycles. The van der Waals surface area contributed by atoms with Crippen LogP contribution in [0.4, 0.5) is 0 Å². The molecule has 5 rings (SSSR count). The summed E-state index contributed by atoms with van der Waals surface area (Å²) in [7, 11) is -3.74. The summed E-state index contributed by atoms with van der Waals surface area (Å²) >= 11 is 0. The summed E-state index contributed by atoms with van der Waals surface area (Å²) in [6.07, 6.45) is 11.8. The quantitative estimate of drug-likeness (QED) is 0.561. The lowest BCUT2D eigenvalue weighted by Gasteiger charge is -2.10. The van der Waals surface area contributed by atoms with E-state index in [0.29, 0.717) is 11.6 Å². The topological polar surface area (TPSA) is 80.6 Å². The monoisotopic (exact) mass is 392 g/mol. The van der Waals surface area contributed by atoms with Crippen molar-refractivity contribution in [3.8, 4) is 11.1 Å². The Balaban J connectivity index is 1.74. The highest BCUT2D eigenvalue weighted by molar-refractivity contribution is 7.90. The zero-order valence-corrected chi connectivity index (χ0v) is 16.1. The lowest BCUT2D eigenvalue weighted by atomic mass is 9.97. The van der Waals surface area contributed by atoms with Crippen LogP contribution in [0, 0.1) is 0 Å². The summed E-state index contributed by atoms with van der Waals surface area (Å²) in [5, 5.41) is 7.68. The van der Waals surface area contributed by atoms with Gasteiger partial charge in [-0.1, -0.05) is 31.0 Å². The highest BCUT2D eigenvalue weighted by atomic mass is 32.2. The largest absolute Gasteiger partial charge is 0.285 e. The number of pyridine rings is 1. The van der Waals surface area contributed by atoms with Gasteiger partial charge in [0.25, 0.3) is 10.0 Å². The standard InChI is InChI=1S/C21H20N4O2S/c26-28(27,18-8-2-1-3-9-18)25-14-20(17-12-23-24-13-17)19-10-16(11-22-21(19)25)15-6-4-5-7-15/h1-3,8-15H,4-7H2,(H,23,24). The highest BCUT2D eigenvalue weighted by Crippen LogP contribution is 2.38. The molecule has 0 amide bonds. The molecule has 7 heteroatoms. The highest BCUT2D eigenvalue weighted by Gasteiger charge is 2.25. The summed E-state index contributed by atoms with van der Waals surface area (Å²) in [5.41, 5.74) is 3.29. The number of aromatic nitrogens is 4. The van der Waals surface area contributed by atoms with Gasteiger partial charge >= 0.3 is 0 Å². The Labute approximate surface area is 163 Å². The molecule has 3 heterocycles. The van der Waals surface area contributed by atoms with Crippen LogP contribution in [0.2, 0.25) is 0 Å². The van der Waals surface area contributed by atoms with Crippen molar-refractivity contribution in [1.82, 2.24) is 19.2 Å². The Hall–Kier alpha value is -2.93. The molecule has 1 aliphatic carbocycles. The van der Waals surface area contributed by atoms with Crippen molar-refractivity contribution in [3.63, 3.8) is 0 Å². The fourth-order valence-electron chi connectivity index (χ4n) is 4.10. The lowest BCUT2D eigenvalue weighted by Crippen LogP contribution is -2.12. The second-order valence-corrected chi connectivity index (χ2v) is 9.08. The van der Waals surface area contributed by atoms with Gasteiger partial charge < -0.3 is 0 Å². The van der Waals surface area contributed by atoms with Crippen molar-refractivity contribution in [2.45, 2.75) is 36.5 Å². The van der Waals surface area contributed by atoms with Crippen LogP contribution in [0.15, 0.2) is 66.1 Å². The van der Waals surface area contributed by atoms with Crippen LogP contribution in [0.3, 0.4) is 0 Å². The predicted molar refractivity (Wildman–Crippen MR) is 108 cm³/mol. The van der Waals surface area contributed by atoms with Crippen LogP contribution in [-0.4, -0.2) is 27.6 Å². The van der Waals surface area contributed by atoms with Crippen LogP contribution in [0.1, 0.15) is 37.2 Å². The number of hydrogen-bond donors (Lipinski definition) is 1. The van der Waals surface area contributed by atoms with Crippen LogP contribution in [0.5, 0.6) is 0 Å². The van der Waals surface area contributed by atoms with Gasteiger partial charge in [0.1, 0.15) is 0 Å². The van der Waals surface area contributed by atoms with E-state index in [1.807, 2.05) is 6.20 Å².